The van der Waals surface area contributed by atoms with Gasteiger partial charge in [0.25, 0.3) is 0 Å². The third-order valence-electron chi connectivity index (χ3n) is 18.2. The van der Waals surface area contributed by atoms with Crippen LogP contribution in [0.1, 0.15) is 60.8 Å². The number of para-hydroxylation sites is 6. The Morgan fingerprint density at radius 2 is 0.544 bits per heavy atom. The van der Waals surface area contributed by atoms with Gasteiger partial charge in [0, 0.05) is 105 Å². The van der Waals surface area contributed by atoms with E-state index in [1.54, 1.807) is 0 Å². The average molecular weight is 1170 g/mol. The number of rotatable bonds is 16. The molecule has 0 bridgehead atoms. The summed E-state index contributed by atoms with van der Waals surface area (Å²) in [5.41, 5.74) is 23.2. The fourth-order valence-corrected chi connectivity index (χ4v) is 13.7. The third-order valence-corrected chi connectivity index (χ3v) is 18.2. The highest BCUT2D eigenvalue weighted by atomic mass is 15.2. The summed E-state index contributed by atoms with van der Waals surface area (Å²) in [4.78, 5) is 9.76. The van der Waals surface area contributed by atoms with Crippen LogP contribution in [0.25, 0.3) is 80.0 Å². The van der Waals surface area contributed by atoms with Crippen molar-refractivity contribution in [2.24, 2.45) is 0 Å². The second kappa shape index (κ2) is 25.5. The molecular weight excluding hydrogens is 1090 g/mol. The zero-order chi connectivity index (χ0) is 60.0. The minimum absolute atomic E-state index is 1.07. The van der Waals surface area contributed by atoms with Gasteiger partial charge in [-0.05, 0) is 194 Å². The van der Waals surface area contributed by atoms with E-state index in [1.165, 1.54) is 105 Å². The van der Waals surface area contributed by atoms with Gasteiger partial charge in [-0.25, -0.2) is 0 Å². The standard InChI is InChI=1S/C84H72N6/c1-7-23-69(24-8-1)87(73-45-35-63(36-46-73)39-57-79-77-31-15-17-33-81(77)89(71-27-11-3-12-28-71)83(79)65-41-49-67(50-42-65)85-59-19-5-20-60-85)75-53-55-76(56-54-75)88(70-25-9-2-10-26-70)74-47-37-64(38-48-74)40-58-80-78-32-16-18-34-82(78)90(72-29-13-4-14-30-72)84(80)66-43-51-68(52-44-66)86-61-21-6-22-62-86/h1-4,7-18,23-58H,5-6,19-22,59-62H2/b57-39+,58-40+. The molecule has 0 amide bonds. The summed E-state index contributed by atoms with van der Waals surface area (Å²) in [6, 6.07) is 106. The van der Waals surface area contributed by atoms with Gasteiger partial charge < -0.3 is 28.7 Å². The first kappa shape index (κ1) is 55.7. The Kier molecular flexibility index (Phi) is 15.8. The molecular formula is C84H72N6. The largest absolute Gasteiger partial charge is 0.372 e. The molecule has 2 aliphatic heterocycles. The molecule has 11 aromatic carbocycles. The molecule has 2 fully saturated rings. The minimum atomic E-state index is 1.07. The lowest BCUT2D eigenvalue weighted by atomic mass is 10.0. The van der Waals surface area contributed by atoms with E-state index in [2.05, 4.69) is 344 Å². The number of piperidine rings is 2. The number of aromatic nitrogens is 2. The molecule has 0 atom stereocenters. The predicted molar refractivity (Wildman–Crippen MR) is 383 cm³/mol. The van der Waals surface area contributed by atoms with Crippen molar-refractivity contribution in [3.8, 4) is 33.9 Å². The van der Waals surface area contributed by atoms with Gasteiger partial charge in [-0.1, -0.05) is 182 Å². The molecule has 6 heteroatoms. The molecule has 0 N–H and O–H groups in total. The number of benzene rings is 11. The SMILES string of the molecule is C(=C\c1c(-c2ccc(N3CCCCC3)cc2)n(-c2ccccc2)c2ccccc12)/c1ccc(N(c2ccccc2)c2ccc(N(c3ccccc3)c3ccc(/C=C/c4c(-c5ccc(N6CCCCC6)cc5)n(-c5ccccc5)c5ccccc45)cc3)cc2)cc1. The van der Waals surface area contributed by atoms with E-state index >= 15 is 0 Å². The molecule has 438 valence electrons. The van der Waals surface area contributed by atoms with Crippen molar-refractivity contribution in [3.63, 3.8) is 0 Å². The van der Waals surface area contributed by atoms with Crippen molar-refractivity contribution in [3.05, 3.63) is 313 Å². The topological polar surface area (TPSA) is 22.8 Å². The van der Waals surface area contributed by atoms with Crippen LogP contribution in [0.3, 0.4) is 0 Å². The van der Waals surface area contributed by atoms with Gasteiger partial charge >= 0.3 is 0 Å². The lowest BCUT2D eigenvalue weighted by molar-refractivity contribution is 0.578. The molecule has 13 aromatic rings. The highest BCUT2D eigenvalue weighted by Gasteiger charge is 2.23. The molecule has 6 nitrogen and oxygen atoms in total. The molecule has 90 heavy (non-hydrogen) atoms. The van der Waals surface area contributed by atoms with Crippen LogP contribution in [-0.4, -0.2) is 35.3 Å². The smallest absolute Gasteiger partial charge is 0.0613 e. The van der Waals surface area contributed by atoms with Crippen molar-refractivity contribution < 1.29 is 0 Å². The number of nitrogens with zero attached hydrogens (tertiary/aromatic N) is 6. The summed E-state index contributed by atoms with van der Waals surface area (Å²) >= 11 is 0. The summed E-state index contributed by atoms with van der Waals surface area (Å²) in [5.74, 6) is 0. The van der Waals surface area contributed by atoms with Gasteiger partial charge in [0.2, 0.25) is 0 Å². The Labute approximate surface area is 529 Å². The Morgan fingerprint density at radius 3 is 0.900 bits per heavy atom. The second-order valence-electron chi connectivity index (χ2n) is 23.8. The monoisotopic (exact) mass is 1160 g/mol. The lowest BCUT2D eigenvalue weighted by Gasteiger charge is -2.29. The Hall–Kier alpha value is -10.8. The van der Waals surface area contributed by atoms with E-state index < -0.39 is 0 Å². The molecule has 0 spiro atoms. The number of hydrogen-bond acceptors (Lipinski definition) is 4. The average Bonchev–Trinajstić information content (AvgIpc) is 1.91. The molecule has 0 unspecified atom stereocenters. The zero-order valence-electron chi connectivity index (χ0n) is 50.8. The maximum absolute atomic E-state index is 2.54. The number of fused-ring (bicyclic) bond motifs is 2. The van der Waals surface area contributed by atoms with Crippen molar-refractivity contribution in [1.82, 2.24) is 9.13 Å². The summed E-state index contributed by atoms with van der Waals surface area (Å²) in [6.07, 6.45) is 16.8. The van der Waals surface area contributed by atoms with Crippen molar-refractivity contribution in [2.75, 3.05) is 45.8 Å². The van der Waals surface area contributed by atoms with E-state index in [0.717, 1.165) is 82.8 Å². The van der Waals surface area contributed by atoms with Crippen LogP contribution >= 0.6 is 0 Å². The molecule has 0 saturated carbocycles. The summed E-state index contributed by atoms with van der Waals surface area (Å²) < 4.78 is 4.87. The minimum Gasteiger partial charge on any atom is -0.372 e. The molecule has 0 radical (unpaired) electrons. The molecule has 2 aliphatic rings. The molecule has 4 heterocycles. The fourth-order valence-electron chi connectivity index (χ4n) is 13.7. The quantitative estimate of drug-likeness (QED) is 0.0962. The van der Waals surface area contributed by atoms with Gasteiger partial charge in [0.1, 0.15) is 0 Å². The molecule has 2 saturated heterocycles. The summed E-state index contributed by atoms with van der Waals surface area (Å²) in [6.45, 7) is 4.49. The van der Waals surface area contributed by atoms with Crippen LogP contribution in [0.15, 0.2) is 291 Å². The van der Waals surface area contributed by atoms with Crippen molar-refractivity contribution in [2.45, 2.75) is 38.5 Å². The van der Waals surface area contributed by atoms with Crippen LogP contribution in [-0.2, 0) is 0 Å². The van der Waals surface area contributed by atoms with Gasteiger partial charge in [0.15, 0.2) is 0 Å². The van der Waals surface area contributed by atoms with Crippen molar-refractivity contribution >= 4 is 91.6 Å². The molecule has 15 rings (SSSR count). The van der Waals surface area contributed by atoms with Gasteiger partial charge in [-0.3, -0.25) is 0 Å². The maximum atomic E-state index is 2.54. The predicted octanol–water partition coefficient (Wildman–Crippen LogP) is 22.2. The van der Waals surface area contributed by atoms with E-state index in [4.69, 9.17) is 0 Å². The van der Waals surface area contributed by atoms with Crippen LogP contribution in [0.2, 0.25) is 0 Å². The van der Waals surface area contributed by atoms with E-state index in [9.17, 15) is 0 Å². The second-order valence-corrected chi connectivity index (χ2v) is 23.8. The first-order valence-electron chi connectivity index (χ1n) is 32.1. The van der Waals surface area contributed by atoms with Crippen molar-refractivity contribution in [1.29, 1.82) is 0 Å². The number of anilines is 8. The lowest BCUT2D eigenvalue weighted by Crippen LogP contribution is -2.29. The first-order valence-corrected chi connectivity index (χ1v) is 32.1. The Bertz CT molecular complexity index is 4300. The molecule has 0 aliphatic carbocycles. The summed E-state index contributed by atoms with van der Waals surface area (Å²) in [5, 5.41) is 2.44. The Morgan fingerprint density at radius 1 is 0.244 bits per heavy atom. The van der Waals surface area contributed by atoms with Crippen LogP contribution in [0.5, 0.6) is 0 Å². The maximum Gasteiger partial charge on any atom is 0.0613 e. The van der Waals surface area contributed by atoms with Crippen LogP contribution in [0.4, 0.5) is 45.5 Å². The summed E-state index contributed by atoms with van der Waals surface area (Å²) in [7, 11) is 0. The highest BCUT2D eigenvalue weighted by Crippen LogP contribution is 2.43. The van der Waals surface area contributed by atoms with Crippen LogP contribution < -0.4 is 19.6 Å². The fraction of sp³-hybridized carbons (Fsp3) is 0.119. The third kappa shape index (κ3) is 11.3. The van der Waals surface area contributed by atoms with Gasteiger partial charge in [-0.2, -0.15) is 0 Å². The van der Waals surface area contributed by atoms with E-state index in [-0.39, 0.29) is 0 Å². The zero-order valence-corrected chi connectivity index (χ0v) is 50.8. The van der Waals surface area contributed by atoms with Crippen LogP contribution in [0, 0.1) is 0 Å². The highest BCUT2D eigenvalue weighted by molar-refractivity contribution is 6.03. The first-order chi connectivity index (χ1) is 44.7. The molecule has 2 aromatic heterocycles. The van der Waals surface area contributed by atoms with Gasteiger partial charge in [0.05, 0.1) is 22.4 Å². The normalized spacial score (nSPS) is 13.6. The van der Waals surface area contributed by atoms with Gasteiger partial charge in [-0.15, -0.1) is 0 Å². The van der Waals surface area contributed by atoms with E-state index in [0.29, 0.717) is 0 Å². The Balaban J connectivity index is 0.728. The van der Waals surface area contributed by atoms with E-state index in [1.807, 2.05) is 0 Å². The number of hydrogen-bond donors (Lipinski definition) is 0.